The van der Waals surface area contributed by atoms with E-state index in [-0.39, 0.29) is 18.6 Å². The predicted molar refractivity (Wildman–Crippen MR) is 107 cm³/mol. The molecule has 0 fully saturated rings. The topological polar surface area (TPSA) is 76.7 Å². The summed E-state index contributed by atoms with van der Waals surface area (Å²) in [6.07, 6.45) is 0. The van der Waals surface area contributed by atoms with Gasteiger partial charge in [0.2, 0.25) is 0 Å². The van der Waals surface area contributed by atoms with Gasteiger partial charge >= 0.3 is 0 Å². The number of carbonyl (C=O) groups excluding carboxylic acids is 2. The van der Waals surface area contributed by atoms with Crippen LogP contribution in [0.5, 0.6) is 11.5 Å². The zero-order valence-electron chi connectivity index (χ0n) is 15.5. The zero-order valence-corrected chi connectivity index (χ0v) is 17.1. The van der Waals surface area contributed by atoms with Gasteiger partial charge in [0, 0.05) is 4.47 Å². The van der Waals surface area contributed by atoms with Gasteiger partial charge in [-0.1, -0.05) is 48.8 Å². The molecule has 0 bridgehead atoms. The van der Waals surface area contributed by atoms with Gasteiger partial charge in [0.05, 0.1) is 0 Å². The van der Waals surface area contributed by atoms with Crippen molar-refractivity contribution in [2.45, 2.75) is 26.2 Å². The molecule has 0 radical (unpaired) electrons. The summed E-state index contributed by atoms with van der Waals surface area (Å²) in [5, 5.41) is 0. The Labute approximate surface area is 167 Å². The van der Waals surface area contributed by atoms with E-state index in [1.807, 2.05) is 24.3 Å². The lowest BCUT2D eigenvalue weighted by molar-refractivity contribution is -0.131. The molecule has 0 aliphatic heterocycles. The van der Waals surface area contributed by atoms with Gasteiger partial charge in [0.1, 0.15) is 11.5 Å². The minimum absolute atomic E-state index is 0.0541. The molecular formula is C20H23BrN2O4. The van der Waals surface area contributed by atoms with Crippen molar-refractivity contribution < 1.29 is 19.1 Å². The first-order chi connectivity index (χ1) is 12.7. The first kappa shape index (κ1) is 20.8. The summed E-state index contributed by atoms with van der Waals surface area (Å²) in [5.41, 5.74) is 5.79. The molecule has 0 unspecified atom stereocenters. The fraction of sp³-hybridized carbons (Fsp3) is 0.300. The first-order valence-electron chi connectivity index (χ1n) is 8.43. The molecule has 27 heavy (non-hydrogen) atoms. The molecule has 144 valence electrons. The Balaban J connectivity index is 1.68. The Hall–Kier alpha value is -2.54. The number of hydrogen-bond acceptors (Lipinski definition) is 4. The molecule has 6 nitrogen and oxygen atoms in total. The molecule has 2 aromatic carbocycles. The maximum atomic E-state index is 11.8. The van der Waals surface area contributed by atoms with Gasteiger partial charge in [-0.25, -0.2) is 0 Å². The third-order valence-electron chi connectivity index (χ3n) is 3.62. The molecule has 0 heterocycles. The lowest BCUT2D eigenvalue weighted by Gasteiger charge is -2.19. The molecule has 7 heteroatoms. The van der Waals surface area contributed by atoms with Crippen molar-refractivity contribution in [3.8, 4) is 11.5 Å². The van der Waals surface area contributed by atoms with Gasteiger partial charge in [-0.2, -0.15) is 0 Å². The van der Waals surface area contributed by atoms with Crippen molar-refractivity contribution in [2.24, 2.45) is 0 Å². The van der Waals surface area contributed by atoms with Crippen molar-refractivity contribution in [3.05, 3.63) is 58.6 Å². The largest absolute Gasteiger partial charge is 0.484 e. The van der Waals surface area contributed by atoms with Gasteiger partial charge in [0.15, 0.2) is 13.2 Å². The average molecular weight is 435 g/mol. The maximum absolute atomic E-state index is 11.8. The van der Waals surface area contributed by atoms with Gasteiger partial charge in [0.25, 0.3) is 11.8 Å². The van der Waals surface area contributed by atoms with Crippen LogP contribution in [0.1, 0.15) is 26.3 Å². The summed E-state index contributed by atoms with van der Waals surface area (Å²) in [5.74, 6) is 0.206. The van der Waals surface area contributed by atoms with Crippen molar-refractivity contribution in [1.29, 1.82) is 0 Å². The summed E-state index contributed by atoms with van der Waals surface area (Å²) in [4.78, 5) is 23.5. The van der Waals surface area contributed by atoms with Gasteiger partial charge in [-0.15, -0.1) is 0 Å². The highest BCUT2D eigenvalue weighted by Crippen LogP contribution is 2.24. The number of rotatable bonds is 6. The standard InChI is InChI=1S/C20H23BrN2O4/c1-20(2,3)14-4-8-16(9-5-14)26-12-18(24)22-23-19(25)13-27-17-10-6-15(21)7-11-17/h4-11H,12-13H2,1-3H3,(H,22,24)(H,23,25). The number of amides is 2. The first-order valence-corrected chi connectivity index (χ1v) is 9.23. The lowest BCUT2D eigenvalue weighted by Crippen LogP contribution is -2.45. The minimum Gasteiger partial charge on any atom is -0.484 e. The second kappa shape index (κ2) is 9.41. The second-order valence-electron chi connectivity index (χ2n) is 6.90. The van der Waals surface area contributed by atoms with Gasteiger partial charge in [-0.3, -0.25) is 20.4 Å². The smallest absolute Gasteiger partial charge is 0.276 e. The molecule has 2 N–H and O–H groups in total. The molecule has 2 rings (SSSR count). The van der Waals surface area contributed by atoms with E-state index >= 15 is 0 Å². The number of hydrazine groups is 1. The van der Waals surface area contributed by atoms with Crippen molar-refractivity contribution >= 4 is 27.7 Å². The van der Waals surface area contributed by atoms with Crippen LogP contribution in [0.2, 0.25) is 0 Å². The highest BCUT2D eigenvalue weighted by atomic mass is 79.9. The van der Waals surface area contributed by atoms with Crippen molar-refractivity contribution in [2.75, 3.05) is 13.2 Å². The lowest BCUT2D eigenvalue weighted by atomic mass is 9.87. The highest BCUT2D eigenvalue weighted by Gasteiger charge is 2.13. The molecular weight excluding hydrogens is 412 g/mol. The quantitative estimate of drug-likeness (QED) is 0.683. The summed E-state index contributed by atoms with van der Waals surface area (Å²) >= 11 is 3.32. The van der Waals surface area contributed by atoms with Gasteiger partial charge in [-0.05, 0) is 47.4 Å². The Kier molecular flexibility index (Phi) is 7.24. The van der Waals surface area contributed by atoms with Crippen LogP contribution in [0.3, 0.4) is 0 Å². The van der Waals surface area contributed by atoms with E-state index in [0.717, 1.165) is 4.47 Å². The van der Waals surface area contributed by atoms with Crippen molar-refractivity contribution in [3.63, 3.8) is 0 Å². The number of ether oxygens (including phenoxy) is 2. The minimum atomic E-state index is -0.471. The summed E-state index contributed by atoms with van der Waals surface area (Å²) < 4.78 is 11.6. The normalized spacial score (nSPS) is 10.8. The van der Waals surface area contributed by atoms with Crippen LogP contribution in [0.4, 0.5) is 0 Å². The second-order valence-corrected chi connectivity index (χ2v) is 7.82. The van der Waals surface area contributed by atoms with Crippen LogP contribution in [0.15, 0.2) is 53.0 Å². The van der Waals surface area contributed by atoms with Crippen LogP contribution < -0.4 is 20.3 Å². The number of nitrogens with one attached hydrogen (secondary N) is 2. The van der Waals surface area contributed by atoms with E-state index in [4.69, 9.17) is 9.47 Å². The number of halogens is 1. The SMILES string of the molecule is CC(C)(C)c1ccc(OCC(=O)NNC(=O)COc2ccc(Br)cc2)cc1. The third kappa shape index (κ3) is 7.30. The molecule has 0 aliphatic rings. The van der Waals surface area contributed by atoms with Crippen LogP contribution in [-0.2, 0) is 15.0 Å². The number of hydrogen-bond donors (Lipinski definition) is 2. The van der Waals surface area contributed by atoms with E-state index in [1.165, 1.54) is 5.56 Å². The molecule has 2 aromatic rings. The Morgan fingerprint density at radius 2 is 1.22 bits per heavy atom. The van der Waals surface area contributed by atoms with Crippen LogP contribution in [0.25, 0.3) is 0 Å². The molecule has 0 saturated carbocycles. The third-order valence-corrected chi connectivity index (χ3v) is 4.14. The highest BCUT2D eigenvalue weighted by molar-refractivity contribution is 9.10. The summed E-state index contributed by atoms with van der Waals surface area (Å²) in [6.45, 7) is 5.96. The Morgan fingerprint density at radius 3 is 1.63 bits per heavy atom. The maximum Gasteiger partial charge on any atom is 0.276 e. The molecule has 0 aromatic heterocycles. The van der Waals surface area contributed by atoms with Crippen LogP contribution in [-0.4, -0.2) is 25.0 Å². The molecule has 0 aliphatic carbocycles. The summed E-state index contributed by atoms with van der Waals surface area (Å²) in [7, 11) is 0. The predicted octanol–water partition coefficient (Wildman–Crippen LogP) is 3.35. The summed E-state index contributed by atoms with van der Waals surface area (Å²) in [6, 6.07) is 14.6. The molecule has 2 amide bonds. The molecule has 0 spiro atoms. The van der Waals surface area contributed by atoms with Crippen LogP contribution in [0, 0.1) is 0 Å². The molecule has 0 saturated heterocycles. The number of carbonyl (C=O) groups is 2. The van der Waals surface area contributed by atoms with E-state index in [9.17, 15) is 9.59 Å². The Bertz CT molecular complexity index is 768. The fourth-order valence-electron chi connectivity index (χ4n) is 2.09. The fourth-order valence-corrected chi connectivity index (χ4v) is 2.36. The van der Waals surface area contributed by atoms with E-state index < -0.39 is 11.8 Å². The van der Waals surface area contributed by atoms with E-state index in [2.05, 4.69) is 47.6 Å². The monoisotopic (exact) mass is 434 g/mol. The van der Waals surface area contributed by atoms with E-state index in [1.54, 1.807) is 24.3 Å². The van der Waals surface area contributed by atoms with Crippen molar-refractivity contribution in [1.82, 2.24) is 10.9 Å². The van der Waals surface area contributed by atoms with E-state index in [0.29, 0.717) is 11.5 Å². The zero-order chi connectivity index (χ0) is 19.9. The number of benzene rings is 2. The average Bonchev–Trinajstić information content (AvgIpc) is 2.64. The molecule has 0 atom stereocenters. The van der Waals surface area contributed by atoms with Gasteiger partial charge < -0.3 is 9.47 Å². The Morgan fingerprint density at radius 1 is 0.815 bits per heavy atom. The van der Waals surface area contributed by atoms with Crippen LogP contribution >= 0.6 is 15.9 Å².